The zero-order valence-electron chi connectivity index (χ0n) is 23.5. The molecule has 0 bridgehead atoms. The van der Waals surface area contributed by atoms with Gasteiger partial charge in [0.05, 0.1) is 0 Å². The number of hydrogen-bond donors (Lipinski definition) is 16. The summed E-state index contributed by atoms with van der Waals surface area (Å²) in [6.07, 6.45) is -33.4. The fourth-order valence-corrected chi connectivity index (χ4v) is 12.0. The number of hydrogen-bond acceptors (Lipinski definition) is 20. The molecule has 4 heterocycles. The topological polar surface area (TPSA) is 361 Å². The molecule has 4 rings (SSSR count). The normalized spacial score (nSPS) is 55.1. The van der Waals surface area contributed by atoms with Gasteiger partial charge in [0.1, 0.15) is 0 Å². The van der Waals surface area contributed by atoms with E-state index >= 15 is 0 Å². The Hall–Kier alpha value is -0.281. The molecule has 20 atom stereocenters. The van der Waals surface area contributed by atoms with Crippen molar-refractivity contribution in [2.24, 2.45) is 0 Å². The van der Waals surface area contributed by atoms with Crippen molar-refractivity contribution >= 4 is 0 Å². The first-order valence-corrected chi connectivity index (χ1v) is 16.1. The quantitative estimate of drug-likeness (QED) is 0.104. The van der Waals surface area contributed by atoms with Crippen LogP contribution in [-0.2, 0) is 31.8 Å². The minimum absolute atomic E-state index is 1.05. The molecule has 4 fully saturated rings. The Morgan fingerprint density at radius 2 is 0.467 bits per heavy atom. The van der Waals surface area contributed by atoms with Gasteiger partial charge in [-0.15, -0.1) is 0 Å². The van der Waals surface area contributed by atoms with Gasteiger partial charge >= 0.3 is 258 Å². The summed E-state index contributed by atoms with van der Waals surface area (Å²) in [5, 5.41) is 162. The van der Waals surface area contributed by atoms with Crippen molar-refractivity contribution in [1.82, 2.24) is 0 Å². The predicted molar refractivity (Wildman–Crippen MR) is 135 cm³/mol. The summed E-state index contributed by atoms with van der Waals surface area (Å²) in [5.41, 5.74) is 0. The number of ether oxygens (including phenoxy) is 4. The van der Waals surface area contributed by atoms with E-state index in [0.717, 1.165) is 0 Å². The molecule has 271 valence electrons. The molecule has 0 spiro atoms. The van der Waals surface area contributed by atoms with Crippen LogP contribution in [0.4, 0.5) is 0 Å². The first-order chi connectivity index (χ1) is 21.1. The molecule has 0 aromatic rings. The standard InChI is InChI=1S/4C6H11O5.Cu/c4*7-1-4-6(10)5(9)3(8)2-11-4;/h4*2-10H,1H2;/t4*3-,4+,5+,6+;/m0000./s1. The maximum absolute atomic E-state index is 11.4. The molecule has 0 amide bonds. The van der Waals surface area contributed by atoms with E-state index in [1.165, 1.54) is 0 Å². The molecule has 20 nitrogen and oxygen atoms in total. The SMILES string of the molecule is OC[C@H]1O[CH]([Cu]([CH]2O[C@H](CO)[C@@H](O)[C@H](O)[C@H]2O)([CH]2O[C@H](CO)[C@@H](O)[C@H](O)[C@H]2O)[CH]2O[C@H](CO)[C@@H](O)[C@H](O)[C@H]2O)[C@H](O)[C@@H](O)[C@@H]1O. The molecule has 4 aliphatic rings. The molecule has 16 N–H and O–H groups in total. The molecule has 0 saturated carbocycles. The summed E-state index contributed by atoms with van der Waals surface area (Å²) in [6.45, 7) is -4.19. The minimum atomic E-state index is -4.33. The molecule has 0 radical (unpaired) electrons. The number of aliphatic hydroxyl groups excluding tert-OH is 16. The predicted octanol–water partition coefficient (Wildman–Crippen LogP) is -10.7. The monoisotopic (exact) mass is 715 g/mol. The maximum atomic E-state index is 11.4. The van der Waals surface area contributed by atoms with Crippen LogP contribution in [0.5, 0.6) is 0 Å². The van der Waals surface area contributed by atoms with Crippen molar-refractivity contribution in [3.8, 4) is 0 Å². The van der Waals surface area contributed by atoms with Crippen LogP contribution in [0.1, 0.15) is 0 Å². The Labute approximate surface area is 257 Å². The summed E-state index contributed by atoms with van der Waals surface area (Å²) < 4.78 is 23.3. The molecule has 4 aliphatic heterocycles. The van der Waals surface area contributed by atoms with Crippen molar-refractivity contribution in [3.63, 3.8) is 0 Å². The average Bonchev–Trinajstić information content (AvgIpc) is 3.03. The van der Waals surface area contributed by atoms with Crippen LogP contribution in [-0.4, -0.2) is 226 Å². The van der Waals surface area contributed by atoms with Crippen molar-refractivity contribution in [2.45, 2.75) is 118 Å². The van der Waals surface area contributed by atoms with Gasteiger partial charge < -0.3 is 0 Å². The first kappa shape index (κ1) is 37.5. The van der Waals surface area contributed by atoms with Crippen molar-refractivity contribution < 1.29 is 113 Å². The van der Waals surface area contributed by atoms with E-state index in [1.54, 1.807) is 0 Å². The van der Waals surface area contributed by atoms with E-state index in [-0.39, 0.29) is 0 Å². The van der Waals surface area contributed by atoms with Crippen LogP contribution < -0.4 is 0 Å². The van der Waals surface area contributed by atoms with Gasteiger partial charge in [0.15, 0.2) is 0 Å². The van der Waals surface area contributed by atoms with Crippen LogP contribution in [0.15, 0.2) is 0 Å². The molecule has 0 aromatic carbocycles. The Balaban J connectivity index is 2.08. The van der Waals surface area contributed by atoms with Crippen LogP contribution in [0.2, 0.25) is 0 Å². The fourth-order valence-electron chi connectivity index (χ4n) is 5.69. The molecule has 0 aliphatic carbocycles. The fraction of sp³-hybridized carbons (Fsp3) is 1.00. The van der Waals surface area contributed by atoms with Gasteiger partial charge in [0.2, 0.25) is 0 Å². The molecule has 4 saturated heterocycles. The van der Waals surface area contributed by atoms with E-state index in [0.29, 0.717) is 0 Å². The third-order valence-electron chi connectivity index (χ3n) is 8.38. The summed E-state index contributed by atoms with van der Waals surface area (Å²) in [5.74, 6) is 0. The second kappa shape index (κ2) is 14.7. The molecule has 45 heavy (non-hydrogen) atoms. The molecule has 0 aromatic heterocycles. The van der Waals surface area contributed by atoms with Gasteiger partial charge in [-0.1, -0.05) is 0 Å². The van der Waals surface area contributed by atoms with E-state index in [9.17, 15) is 81.7 Å². The summed E-state index contributed by atoms with van der Waals surface area (Å²) >= 11 is -4.33. The van der Waals surface area contributed by atoms with E-state index in [4.69, 9.17) is 18.9 Å². The van der Waals surface area contributed by atoms with Crippen molar-refractivity contribution in [3.05, 3.63) is 0 Å². The summed E-state index contributed by atoms with van der Waals surface area (Å²) in [4.78, 5) is 0. The number of rotatable bonds is 8. The number of aliphatic hydroxyl groups is 16. The van der Waals surface area contributed by atoms with Crippen LogP contribution >= 0.6 is 0 Å². The average molecular weight is 716 g/mol. The third kappa shape index (κ3) is 6.10. The first-order valence-electron chi connectivity index (χ1n) is 13.9. The van der Waals surface area contributed by atoms with Crippen molar-refractivity contribution in [1.29, 1.82) is 0 Å². The van der Waals surface area contributed by atoms with E-state index < -0.39 is 157 Å². The van der Waals surface area contributed by atoms with Gasteiger partial charge in [-0.05, 0) is 0 Å². The van der Waals surface area contributed by atoms with Crippen LogP contribution in [0, 0.1) is 0 Å². The second-order valence-corrected chi connectivity index (χ2v) is 15.2. The van der Waals surface area contributed by atoms with E-state index in [2.05, 4.69) is 0 Å². The zero-order valence-corrected chi connectivity index (χ0v) is 24.4. The van der Waals surface area contributed by atoms with Crippen molar-refractivity contribution in [2.75, 3.05) is 26.4 Å². The Bertz CT molecular complexity index is 810. The van der Waals surface area contributed by atoms with Gasteiger partial charge in [0, 0.05) is 0 Å². The van der Waals surface area contributed by atoms with Gasteiger partial charge in [-0.2, -0.15) is 0 Å². The molecule has 21 heteroatoms. The Morgan fingerprint density at radius 3 is 0.622 bits per heavy atom. The van der Waals surface area contributed by atoms with Gasteiger partial charge in [-0.25, -0.2) is 0 Å². The van der Waals surface area contributed by atoms with Gasteiger partial charge in [-0.3, -0.25) is 0 Å². The van der Waals surface area contributed by atoms with Crippen LogP contribution in [0.3, 0.4) is 0 Å². The van der Waals surface area contributed by atoms with Crippen LogP contribution in [0.25, 0.3) is 0 Å². The summed E-state index contributed by atoms with van der Waals surface area (Å²) in [7, 11) is 0. The van der Waals surface area contributed by atoms with E-state index in [1.807, 2.05) is 0 Å². The summed E-state index contributed by atoms with van der Waals surface area (Å²) in [6, 6.07) is 0. The molecular formula is C24H44CuO20. The zero-order chi connectivity index (χ0) is 33.7. The molecular weight excluding hydrogens is 672 g/mol. The third-order valence-corrected chi connectivity index (χ3v) is 13.9. The Morgan fingerprint density at radius 1 is 0.289 bits per heavy atom. The second-order valence-electron chi connectivity index (χ2n) is 11.1. The van der Waals surface area contributed by atoms with Gasteiger partial charge in [0.25, 0.3) is 0 Å². The molecule has 4 unspecified atom stereocenters. The Kier molecular flexibility index (Phi) is 12.2.